The fraction of sp³-hybridized carbons (Fsp3) is 0.125. The molecular weight excluding hydrogens is 474 g/mol. The van der Waals surface area contributed by atoms with Crippen LogP contribution in [0.2, 0.25) is 0 Å². The fourth-order valence-electron chi connectivity index (χ4n) is 3.36. The highest BCUT2D eigenvalue weighted by molar-refractivity contribution is 8.18. The molecule has 0 unspecified atom stereocenters. The summed E-state index contributed by atoms with van der Waals surface area (Å²) in [6.07, 6.45) is 1.37. The van der Waals surface area contributed by atoms with Gasteiger partial charge in [-0.25, -0.2) is 0 Å². The Bertz CT molecular complexity index is 1360. The van der Waals surface area contributed by atoms with Crippen LogP contribution in [0.1, 0.15) is 11.3 Å². The normalized spacial score (nSPS) is 14.5. The van der Waals surface area contributed by atoms with Crippen molar-refractivity contribution in [3.05, 3.63) is 80.9 Å². The number of nitrogens with zero attached hydrogens (tertiary/aromatic N) is 2. The molecule has 1 N–H and O–H groups in total. The standard InChI is InChI=1S/C24H19N3O7S/c1-14-3-9-18(19(11-14)27(31)32)20-10-8-17(34-20)12-21-23(29)26(24(30)35-21)13-22(28)25-15-4-6-16(33-2)7-5-15/h3-12H,13H2,1-2H3,(H,25,28)/b21-12+. The summed E-state index contributed by atoms with van der Waals surface area (Å²) < 4.78 is 10.8. The second-order valence-corrected chi connectivity index (χ2v) is 8.52. The van der Waals surface area contributed by atoms with E-state index in [9.17, 15) is 24.5 Å². The van der Waals surface area contributed by atoms with E-state index in [0.29, 0.717) is 28.8 Å². The second-order valence-electron chi connectivity index (χ2n) is 7.52. The zero-order valence-corrected chi connectivity index (χ0v) is 19.5. The third-order valence-corrected chi connectivity index (χ3v) is 5.97. The topological polar surface area (TPSA) is 132 Å². The summed E-state index contributed by atoms with van der Waals surface area (Å²) >= 11 is 0.679. The molecule has 11 heteroatoms. The Hall–Kier alpha value is -4.38. The zero-order chi connectivity index (χ0) is 25.1. The van der Waals surface area contributed by atoms with E-state index < -0.39 is 28.5 Å². The number of methoxy groups -OCH3 is 1. The van der Waals surface area contributed by atoms with Gasteiger partial charge < -0.3 is 14.5 Å². The number of nitro groups is 1. The van der Waals surface area contributed by atoms with Crippen LogP contribution in [-0.2, 0) is 9.59 Å². The van der Waals surface area contributed by atoms with Gasteiger partial charge in [0.05, 0.1) is 22.5 Å². The first-order valence-electron chi connectivity index (χ1n) is 10.3. The van der Waals surface area contributed by atoms with Crippen LogP contribution in [0.3, 0.4) is 0 Å². The smallest absolute Gasteiger partial charge is 0.294 e. The summed E-state index contributed by atoms with van der Waals surface area (Å²) in [7, 11) is 1.52. The second kappa shape index (κ2) is 9.85. The lowest BCUT2D eigenvalue weighted by Gasteiger charge is -2.12. The molecule has 3 aromatic rings. The quantitative estimate of drug-likeness (QED) is 0.281. The van der Waals surface area contributed by atoms with Crippen molar-refractivity contribution in [2.24, 2.45) is 0 Å². The number of benzene rings is 2. The molecule has 10 nitrogen and oxygen atoms in total. The molecule has 4 rings (SSSR count). The minimum atomic E-state index is -0.635. The Morgan fingerprint density at radius 2 is 1.91 bits per heavy atom. The first-order chi connectivity index (χ1) is 16.7. The van der Waals surface area contributed by atoms with Crippen molar-refractivity contribution in [2.75, 3.05) is 19.0 Å². The highest BCUT2D eigenvalue weighted by Gasteiger charge is 2.36. The number of furan rings is 1. The number of ether oxygens (including phenoxy) is 1. The van der Waals surface area contributed by atoms with Crippen LogP contribution in [0.15, 0.2) is 63.9 Å². The van der Waals surface area contributed by atoms with Gasteiger partial charge in [0.25, 0.3) is 16.8 Å². The summed E-state index contributed by atoms with van der Waals surface area (Å²) in [5.41, 5.74) is 1.42. The number of carbonyl (C=O) groups is 3. The van der Waals surface area contributed by atoms with E-state index in [2.05, 4.69) is 5.32 Å². The molecule has 0 atom stereocenters. The van der Waals surface area contributed by atoms with E-state index in [1.807, 2.05) is 0 Å². The summed E-state index contributed by atoms with van der Waals surface area (Å²) in [5.74, 6) is -0.0592. The summed E-state index contributed by atoms with van der Waals surface area (Å²) in [6.45, 7) is 1.30. The third-order valence-electron chi connectivity index (χ3n) is 5.06. The number of hydrogen-bond acceptors (Lipinski definition) is 8. The van der Waals surface area contributed by atoms with Crippen LogP contribution in [0.25, 0.3) is 17.4 Å². The Morgan fingerprint density at radius 1 is 1.17 bits per heavy atom. The minimum absolute atomic E-state index is 0.0755. The Kier molecular flexibility index (Phi) is 6.69. The average molecular weight is 493 g/mol. The number of rotatable bonds is 7. The minimum Gasteiger partial charge on any atom is -0.497 e. The van der Waals surface area contributed by atoms with Gasteiger partial charge in [0.1, 0.15) is 23.8 Å². The zero-order valence-electron chi connectivity index (χ0n) is 18.6. The van der Waals surface area contributed by atoms with Crippen molar-refractivity contribution >= 4 is 46.3 Å². The molecule has 0 saturated carbocycles. The highest BCUT2D eigenvalue weighted by atomic mass is 32.2. The average Bonchev–Trinajstić information content (AvgIpc) is 3.39. The van der Waals surface area contributed by atoms with Crippen molar-refractivity contribution in [1.29, 1.82) is 0 Å². The van der Waals surface area contributed by atoms with Gasteiger partial charge in [-0.15, -0.1) is 0 Å². The van der Waals surface area contributed by atoms with E-state index in [0.717, 1.165) is 10.5 Å². The predicted molar refractivity (Wildman–Crippen MR) is 130 cm³/mol. The molecule has 178 valence electrons. The lowest BCUT2D eigenvalue weighted by molar-refractivity contribution is -0.384. The van der Waals surface area contributed by atoms with Crippen molar-refractivity contribution in [1.82, 2.24) is 4.90 Å². The summed E-state index contributed by atoms with van der Waals surface area (Å²) in [6, 6.07) is 14.5. The lowest BCUT2D eigenvalue weighted by atomic mass is 10.1. The molecule has 1 fully saturated rings. The number of hydrogen-bond donors (Lipinski definition) is 1. The first kappa shape index (κ1) is 23.8. The summed E-state index contributed by atoms with van der Waals surface area (Å²) in [5, 5.41) is 13.4. The third kappa shape index (κ3) is 5.25. The molecule has 0 aliphatic carbocycles. The van der Waals surface area contributed by atoms with Crippen LogP contribution >= 0.6 is 11.8 Å². The maximum absolute atomic E-state index is 12.7. The van der Waals surface area contributed by atoms with Crippen molar-refractivity contribution < 1.29 is 28.5 Å². The highest BCUT2D eigenvalue weighted by Crippen LogP contribution is 2.35. The van der Waals surface area contributed by atoms with Gasteiger partial charge in [-0.05, 0) is 66.7 Å². The number of imide groups is 1. The van der Waals surface area contributed by atoms with Crippen LogP contribution in [0.5, 0.6) is 5.75 Å². The van der Waals surface area contributed by atoms with Crippen LogP contribution < -0.4 is 10.1 Å². The molecule has 1 saturated heterocycles. The maximum atomic E-state index is 12.7. The molecule has 0 radical (unpaired) electrons. The van der Waals surface area contributed by atoms with Crippen LogP contribution in [-0.4, -0.2) is 40.5 Å². The van der Waals surface area contributed by atoms with E-state index >= 15 is 0 Å². The summed E-state index contributed by atoms with van der Waals surface area (Å²) in [4.78, 5) is 49.3. The van der Waals surface area contributed by atoms with Gasteiger partial charge in [0.15, 0.2) is 0 Å². The largest absolute Gasteiger partial charge is 0.497 e. The van der Waals surface area contributed by atoms with E-state index in [-0.39, 0.29) is 22.1 Å². The first-order valence-corrected chi connectivity index (χ1v) is 11.1. The Labute approximate surface area is 203 Å². The SMILES string of the molecule is COc1ccc(NC(=O)CN2C(=O)S/C(=C/c3ccc(-c4ccc(C)cc4[N+](=O)[O-])o3)C2=O)cc1. The number of aryl methyl sites for hydroxylation is 1. The number of thioether (sulfide) groups is 1. The van der Waals surface area contributed by atoms with E-state index in [1.165, 1.54) is 19.3 Å². The van der Waals surface area contributed by atoms with Gasteiger partial charge in [-0.2, -0.15) is 0 Å². The molecule has 1 aromatic heterocycles. The predicted octanol–water partition coefficient (Wildman–Crippen LogP) is 4.85. The molecule has 1 aliphatic heterocycles. The number of amides is 3. The molecule has 35 heavy (non-hydrogen) atoms. The lowest BCUT2D eigenvalue weighted by Crippen LogP contribution is -2.36. The number of carbonyl (C=O) groups excluding carboxylic acids is 3. The molecule has 2 aromatic carbocycles. The monoisotopic (exact) mass is 493 g/mol. The van der Waals surface area contributed by atoms with Crippen LogP contribution in [0, 0.1) is 17.0 Å². The molecule has 1 aliphatic rings. The van der Waals surface area contributed by atoms with Crippen LogP contribution in [0.4, 0.5) is 16.2 Å². The molecule has 0 bridgehead atoms. The van der Waals surface area contributed by atoms with Crippen molar-refractivity contribution in [2.45, 2.75) is 6.92 Å². The van der Waals surface area contributed by atoms with E-state index in [1.54, 1.807) is 55.5 Å². The molecule has 0 spiro atoms. The van der Waals surface area contributed by atoms with Gasteiger partial charge in [0.2, 0.25) is 5.91 Å². The maximum Gasteiger partial charge on any atom is 0.294 e. The van der Waals surface area contributed by atoms with Crippen molar-refractivity contribution in [3.63, 3.8) is 0 Å². The van der Waals surface area contributed by atoms with E-state index in [4.69, 9.17) is 9.15 Å². The number of nitrogens with one attached hydrogen (secondary N) is 1. The van der Waals surface area contributed by atoms with Gasteiger partial charge >= 0.3 is 0 Å². The van der Waals surface area contributed by atoms with Gasteiger partial charge in [-0.3, -0.25) is 29.4 Å². The number of anilines is 1. The number of nitro benzene ring substituents is 1. The molecular formula is C24H19N3O7S. The van der Waals surface area contributed by atoms with Crippen molar-refractivity contribution in [3.8, 4) is 17.1 Å². The molecule has 2 heterocycles. The van der Waals surface area contributed by atoms with Gasteiger partial charge in [0, 0.05) is 17.8 Å². The Morgan fingerprint density at radius 3 is 2.60 bits per heavy atom. The van der Waals surface area contributed by atoms with Gasteiger partial charge in [-0.1, -0.05) is 6.07 Å². The Balaban J connectivity index is 1.47. The molecule has 3 amide bonds. The fourth-order valence-corrected chi connectivity index (χ4v) is 4.18.